The number of anilines is 1. The number of carbonyl (C=O) groups excluding carboxylic acids is 2. The number of pyridine rings is 1. The summed E-state index contributed by atoms with van der Waals surface area (Å²) in [6.07, 6.45) is 8.07. The highest BCUT2D eigenvalue weighted by molar-refractivity contribution is 7.16. The molecule has 0 aromatic carbocycles. The number of thiophene rings is 1. The Morgan fingerprint density at radius 3 is 3.00 bits per heavy atom. The zero-order valence-corrected chi connectivity index (χ0v) is 19.1. The molecule has 1 aliphatic heterocycles. The number of nitriles is 1. The molecule has 170 valence electrons. The normalized spacial score (nSPS) is 12.7. The Balaban J connectivity index is 1.33. The molecular formula is C23H24N6O3S. The fraction of sp³-hybridized carbons (Fsp3) is 0.348. The monoisotopic (exact) mass is 464 g/mol. The number of nitrogens with one attached hydrogen (secondary N) is 1. The van der Waals surface area contributed by atoms with Gasteiger partial charge in [0.2, 0.25) is 5.91 Å². The fourth-order valence-electron chi connectivity index (χ4n) is 3.68. The summed E-state index contributed by atoms with van der Waals surface area (Å²) in [5, 5.41) is 13.1. The summed E-state index contributed by atoms with van der Waals surface area (Å²) in [5.74, 6) is -0.153. The van der Waals surface area contributed by atoms with Crippen LogP contribution in [0, 0.1) is 18.3 Å². The Bertz CT molecular complexity index is 1180. The van der Waals surface area contributed by atoms with Crippen molar-refractivity contribution >= 4 is 28.3 Å². The van der Waals surface area contributed by atoms with E-state index in [0.717, 1.165) is 21.7 Å². The van der Waals surface area contributed by atoms with Gasteiger partial charge in [0.05, 0.1) is 30.7 Å². The van der Waals surface area contributed by atoms with Crippen LogP contribution in [-0.2, 0) is 35.5 Å². The van der Waals surface area contributed by atoms with Gasteiger partial charge in [0.1, 0.15) is 17.7 Å². The number of ether oxygens (including phenoxy) is 1. The summed E-state index contributed by atoms with van der Waals surface area (Å²) in [6.45, 7) is 3.53. The summed E-state index contributed by atoms with van der Waals surface area (Å²) in [4.78, 5) is 35.7. The number of fused-ring (bicyclic) bond motifs is 1. The third kappa shape index (κ3) is 5.56. The number of amides is 2. The van der Waals surface area contributed by atoms with Crippen molar-refractivity contribution in [3.8, 4) is 6.07 Å². The maximum atomic E-state index is 12.5. The third-order valence-electron chi connectivity index (χ3n) is 5.38. The van der Waals surface area contributed by atoms with E-state index in [4.69, 9.17) is 4.74 Å². The van der Waals surface area contributed by atoms with Crippen molar-refractivity contribution in [3.63, 3.8) is 0 Å². The molecule has 4 heterocycles. The minimum atomic E-state index is -0.383. The van der Waals surface area contributed by atoms with Crippen LogP contribution in [-0.4, -0.2) is 44.6 Å². The van der Waals surface area contributed by atoms with Crippen LogP contribution in [0.25, 0.3) is 0 Å². The van der Waals surface area contributed by atoms with Gasteiger partial charge < -0.3 is 19.5 Å². The first kappa shape index (κ1) is 22.5. The minimum Gasteiger partial charge on any atom is -0.448 e. The van der Waals surface area contributed by atoms with Gasteiger partial charge in [-0.15, -0.1) is 11.3 Å². The molecule has 0 aliphatic carbocycles. The summed E-state index contributed by atoms with van der Waals surface area (Å²) < 4.78 is 7.29. The molecular weight excluding hydrogens is 440 g/mol. The maximum absolute atomic E-state index is 12.5. The smallest absolute Gasteiger partial charge is 0.410 e. The topological polar surface area (TPSA) is 113 Å². The second-order valence-electron chi connectivity index (χ2n) is 7.77. The number of imidazole rings is 1. The molecule has 0 saturated heterocycles. The second kappa shape index (κ2) is 10.3. The lowest BCUT2D eigenvalue weighted by molar-refractivity contribution is -0.116. The van der Waals surface area contributed by atoms with Crippen LogP contribution in [0.5, 0.6) is 0 Å². The van der Waals surface area contributed by atoms with Gasteiger partial charge >= 0.3 is 6.09 Å². The van der Waals surface area contributed by atoms with Crippen LogP contribution >= 0.6 is 11.3 Å². The van der Waals surface area contributed by atoms with E-state index in [2.05, 4.69) is 21.4 Å². The second-order valence-corrected chi connectivity index (χ2v) is 8.87. The van der Waals surface area contributed by atoms with Crippen molar-refractivity contribution in [1.82, 2.24) is 19.4 Å². The quantitative estimate of drug-likeness (QED) is 0.574. The summed E-state index contributed by atoms with van der Waals surface area (Å²) in [7, 11) is 0. The molecule has 0 saturated carbocycles. The molecule has 10 heteroatoms. The predicted octanol–water partition coefficient (Wildman–Crippen LogP) is 3.29. The SMILES string of the molecule is Cc1cn(CCOC(=O)N2CCc3c(sc(NC(=O)CCc4cccnc4)c3C#N)C2)cn1. The highest BCUT2D eigenvalue weighted by Gasteiger charge is 2.28. The maximum Gasteiger partial charge on any atom is 0.410 e. The van der Waals surface area contributed by atoms with Gasteiger partial charge in [0, 0.05) is 36.4 Å². The Kier molecular flexibility index (Phi) is 7.00. The van der Waals surface area contributed by atoms with E-state index < -0.39 is 0 Å². The average molecular weight is 465 g/mol. The van der Waals surface area contributed by atoms with Crippen LogP contribution < -0.4 is 5.32 Å². The van der Waals surface area contributed by atoms with Gasteiger partial charge in [-0.25, -0.2) is 9.78 Å². The van der Waals surface area contributed by atoms with E-state index in [1.165, 1.54) is 11.3 Å². The van der Waals surface area contributed by atoms with E-state index >= 15 is 0 Å². The predicted molar refractivity (Wildman–Crippen MR) is 123 cm³/mol. The lowest BCUT2D eigenvalue weighted by atomic mass is 10.0. The highest BCUT2D eigenvalue weighted by atomic mass is 32.1. The first-order valence-corrected chi connectivity index (χ1v) is 11.5. The Labute approximate surface area is 195 Å². The number of hydrogen-bond donors (Lipinski definition) is 1. The van der Waals surface area contributed by atoms with E-state index in [9.17, 15) is 14.9 Å². The van der Waals surface area contributed by atoms with Gasteiger partial charge in [0.25, 0.3) is 0 Å². The summed E-state index contributed by atoms with van der Waals surface area (Å²) in [5.41, 5.74) is 3.29. The molecule has 0 fully saturated rings. The first-order valence-electron chi connectivity index (χ1n) is 10.7. The standard InChI is InChI=1S/C23H24N6O3S/c1-16-13-28(15-26-16)9-10-32-23(31)29-8-6-18-19(11-24)22(33-20(18)14-29)27-21(30)5-4-17-3-2-7-25-12-17/h2-3,7,12-13,15H,4-6,8-10,14H2,1H3,(H,27,30). The van der Waals surface area contributed by atoms with Gasteiger partial charge in [0.15, 0.2) is 0 Å². The van der Waals surface area contributed by atoms with Crippen LogP contribution in [0.3, 0.4) is 0 Å². The number of aromatic nitrogens is 3. The van der Waals surface area contributed by atoms with Crippen molar-refractivity contribution in [3.05, 3.63) is 64.3 Å². The average Bonchev–Trinajstić information content (AvgIpc) is 3.39. The van der Waals surface area contributed by atoms with E-state index in [0.29, 0.717) is 49.5 Å². The first-order chi connectivity index (χ1) is 16.0. The number of hydrogen-bond acceptors (Lipinski definition) is 7. The van der Waals surface area contributed by atoms with Gasteiger partial charge in [-0.3, -0.25) is 9.78 Å². The molecule has 4 rings (SSSR count). The lowest BCUT2D eigenvalue weighted by Crippen LogP contribution is -2.36. The van der Waals surface area contributed by atoms with Crippen molar-refractivity contribution in [2.45, 2.75) is 39.3 Å². The highest BCUT2D eigenvalue weighted by Crippen LogP contribution is 2.36. The van der Waals surface area contributed by atoms with Crippen LogP contribution in [0.1, 0.15) is 33.7 Å². The minimum absolute atomic E-state index is 0.153. The van der Waals surface area contributed by atoms with E-state index in [-0.39, 0.29) is 18.6 Å². The number of carbonyl (C=O) groups is 2. The largest absolute Gasteiger partial charge is 0.448 e. The summed E-state index contributed by atoms with van der Waals surface area (Å²) in [6, 6.07) is 5.99. The van der Waals surface area contributed by atoms with E-state index in [1.54, 1.807) is 23.6 Å². The molecule has 3 aromatic heterocycles. The van der Waals surface area contributed by atoms with Crippen molar-refractivity contribution < 1.29 is 14.3 Å². The van der Waals surface area contributed by atoms with Crippen LogP contribution in [0.4, 0.5) is 9.80 Å². The number of aryl methyl sites for hydroxylation is 2. The molecule has 0 unspecified atom stereocenters. The summed E-state index contributed by atoms with van der Waals surface area (Å²) >= 11 is 1.35. The van der Waals surface area contributed by atoms with Crippen LogP contribution in [0.2, 0.25) is 0 Å². The van der Waals surface area contributed by atoms with Gasteiger partial charge in [-0.05, 0) is 37.0 Å². The third-order valence-corrected chi connectivity index (χ3v) is 6.51. The van der Waals surface area contributed by atoms with Crippen LogP contribution in [0.15, 0.2) is 37.1 Å². The Morgan fingerprint density at radius 2 is 2.27 bits per heavy atom. The van der Waals surface area contributed by atoms with Gasteiger partial charge in [-0.2, -0.15) is 5.26 Å². The zero-order chi connectivity index (χ0) is 23.2. The Morgan fingerprint density at radius 1 is 1.39 bits per heavy atom. The van der Waals surface area contributed by atoms with Crippen molar-refractivity contribution in [2.24, 2.45) is 0 Å². The van der Waals surface area contributed by atoms with E-state index in [1.807, 2.05) is 29.8 Å². The Hall–Kier alpha value is -3.71. The zero-order valence-electron chi connectivity index (χ0n) is 18.3. The molecule has 9 nitrogen and oxygen atoms in total. The van der Waals surface area contributed by atoms with Crippen molar-refractivity contribution in [1.29, 1.82) is 5.26 Å². The molecule has 2 amide bonds. The molecule has 0 spiro atoms. The molecule has 3 aromatic rings. The number of nitrogens with zero attached hydrogens (tertiary/aromatic N) is 5. The molecule has 0 radical (unpaired) electrons. The molecule has 1 N–H and O–H groups in total. The van der Waals surface area contributed by atoms with Gasteiger partial charge in [-0.1, -0.05) is 6.07 Å². The molecule has 0 atom stereocenters. The fourth-order valence-corrected chi connectivity index (χ4v) is 4.91. The van der Waals surface area contributed by atoms with Crippen molar-refractivity contribution in [2.75, 3.05) is 18.5 Å². The number of rotatable bonds is 7. The lowest BCUT2D eigenvalue weighted by Gasteiger charge is -2.26. The molecule has 1 aliphatic rings. The molecule has 0 bridgehead atoms. The molecule has 33 heavy (non-hydrogen) atoms.